The number of aromatic hydroxyl groups is 1. The number of hydrogen-bond acceptors (Lipinski definition) is 5. The summed E-state index contributed by atoms with van der Waals surface area (Å²) in [5.41, 5.74) is 3.52. The van der Waals surface area contributed by atoms with Crippen LogP contribution in [0.2, 0.25) is 0 Å². The predicted octanol–water partition coefficient (Wildman–Crippen LogP) is 4.35. The normalized spacial score (nSPS) is 10.5. The molecule has 0 aromatic heterocycles. The summed E-state index contributed by atoms with van der Waals surface area (Å²) >= 11 is 0. The topological polar surface area (TPSA) is 76.0 Å². The number of hydrogen-bond donors (Lipinski definition) is 2. The quantitative estimate of drug-likeness (QED) is 0.677. The molecule has 0 aliphatic rings. The standard InChI is InChI=1S/C20H18NO4/c1-25-20-10-9-14(11-16-5-2-3-8-19(16)22)12-18(20)15-6-4-7-17(13-15)21(23)24/h2-10,12-13,22-23H,11H2,1H3/q-1. The van der Waals surface area contributed by atoms with E-state index in [1.165, 1.54) is 6.07 Å². The van der Waals surface area contributed by atoms with Gasteiger partial charge in [-0.15, -0.1) is 0 Å². The molecule has 0 amide bonds. The SMILES string of the molecule is COc1ccc(Cc2ccccc2O)cc1-c1cccc(N([O-])O)c1. The van der Waals surface area contributed by atoms with Gasteiger partial charge >= 0.3 is 0 Å². The number of para-hydroxylation sites is 1. The minimum absolute atomic E-state index is 0.144. The fourth-order valence-electron chi connectivity index (χ4n) is 2.76. The lowest BCUT2D eigenvalue weighted by Gasteiger charge is -2.22. The smallest absolute Gasteiger partial charge is 0.126 e. The second kappa shape index (κ2) is 7.25. The lowest BCUT2D eigenvalue weighted by atomic mass is 9.97. The van der Waals surface area contributed by atoms with Crippen LogP contribution in [-0.4, -0.2) is 17.4 Å². The van der Waals surface area contributed by atoms with Crippen molar-refractivity contribution >= 4 is 5.69 Å². The van der Waals surface area contributed by atoms with Gasteiger partial charge in [-0.05, 0) is 47.0 Å². The van der Waals surface area contributed by atoms with Crippen LogP contribution in [0.5, 0.6) is 11.5 Å². The molecule has 0 bridgehead atoms. The summed E-state index contributed by atoms with van der Waals surface area (Å²) in [6.07, 6.45) is 0.567. The van der Waals surface area contributed by atoms with Gasteiger partial charge in [0.1, 0.15) is 11.5 Å². The van der Waals surface area contributed by atoms with Crippen LogP contribution in [0.15, 0.2) is 66.7 Å². The first-order chi connectivity index (χ1) is 12.1. The molecule has 5 nitrogen and oxygen atoms in total. The summed E-state index contributed by atoms with van der Waals surface area (Å²) in [6, 6.07) is 19.6. The summed E-state index contributed by atoms with van der Waals surface area (Å²) in [7, 11) is 1.58. The molecule has 0 atom stereocenters. The average Bonchev–Trinajstić information content (AvgIpc) is 2.63. The number of nitrogens with zero attached hydrogens (tertiary/aromatic N) is 1. The first-order valence-corrected chi connectivity index (χ1v) is 7.79. The fraction of sp³-hybridized carbons (Fsp3) is 0.100. The molecule has 2 N–H and O–H groups in total. The maximum atomic E-state index is 11.1. The highest BCUT2D eigenvalue weighted by molar-refractivity contribution is 5.74. The minimum Gasteiger partial charge on any atom is -0.733 e. The van der Waals surface area contributed by atoms with E-state index >= 15 is 0 Å². The molecule has 0 fully saturated rings. The van der Waals surface area contributed by atoms with E-state index in [1.54, 1.807) is 31.4 Å². The second-order valence-electron chi connectivity index (χ2n) is 5.66. The molecule has 5 heteroatoms. The van der Waals surface area contributed by atoms with Crippen molar-refractivity contribution in [2.45, 2.75) is 6.42 Å². The van der Waals surface area contributed by atoms with Gasteiger partial charge in [-0.3, -0.25) is 5.21 Å². The van der Waals surface area contributed by atoms with Crippen molar-refractivity contribution in [3.63, 3.8) is 0 Å². The van der Waals surface area contributed by atoms with Crippen LogP contribution in [0.1, 0.15) is 11.1 Å². The third-order valence-electron chi connectivity index (χ3n) is 4.03. The number of rotatable bonds is 5. The third kappa shape index (κ3) is 3.74. The summed E-state index contributed by atoms with van der Waals surface area (Å²) in [6.45, 7) is 0. The first kappa shape index (κ1) is 16.8. The van der Waals surface area contributed by atoms with Crippen molar-refractivity contribution < 1.29 is 15.1 Å². The fourth-order valence-corrected chi connectivity index (χ4v) is 2.76. The highest BCUT2D eigenvalue weighted by Gasteiger charge is 2.10. The Hall–Kier alpha value is -3.02. The highest BCUT2D eigenvalue weighted by atomic mass is 16.8. The van der Waals surface area contributed by atoms with Gasteiger partial charge in [-0.1, -0.05) is 36.4 Å². The number of methoxy groups -OCH3 is 1. The van der Waals surface area contributed by atoms with Gasteiger partial charge in [0, 0.05) is 12.0 Å². The van der Waals surface area contributed by atoms with Crippen LogP contribution in [-0.2, 0) is 6.42 Å². The molecule has 0 saturated carbocycles. The van der Waals surface area contributed by atoms with E-state index in [4.69, 9.17) is 9.94 Å². The van der Waals surface area contributed by atoms with E-state index in [0.29, 0.717) is 12.2 Å². The molecule has 25 heavy (non-hydrogen) atoms. The molecule has 0 aliphatic carbocycles. The van der Waals surface area contributed by atoms with Crippen LogP contribution in [0, 0.1) is 5.21 Å². The molecule has 0 unspecified atom stereocenters. The molecule has 3 aromatic carbocycles. The average molecular weight is 336 g/mol. The molecule has 0 spiro atoms. The zero-order valence-corrected chi connectivity index (χ0v) is 13.7. The monoisotopic (exact) mass is 336 g/mol. The minimum atomic E-state index is -0.165. The van der Waals surface area contributed by atoms with Crippen molar-refractivity contribution in [3.8, 4) is 22.6 Å². The van der Waals surface area contributed by atoms with Gasteiger partial charge in [-0.25, -0.2) is 0 Å². The third-order valence-corrected chi connectivity index (χ3v) is 4.03. The maximum absolute atomic E-state index is 11.1. The number of phenolic OH excluding ortho intramolecular Hbond substituents is 1. The molecule has 0 radical (unpaired) electrons. The molecule has 3 aromatic rings. The van der Waals surface area contributed by atoms with Crippen molar-refractivity contribution in [2.24, 2.45) is 0 Å². The number of benzene rings is 3. The Morgan fingerprint density at radius 1 is 1.00 bits per heavy atom. The van der Waals surface area contributed by atoms with E-state index in [2.05, 4.69) is 0 Å². The number of ether oxygens (including phenoxy) is 1. The Bertz CT molecular complexity index is 877. The van der Waals surface area contributed by atoms with E-state index in [-0.39, 0.29) is 16.7 Å². The van der Waals surface area contributed by atoms with Gasteiger partial charge in [0.15, 0.2) is 0 Å². The van der Waals surface area contributed by atoms with Crippen LogP contribution < -0.4 is 9.96 Å². The van der Waals surface area contributed by atoms with E-state index < -0.39 is 0 Å². The van der Waals surface area contributed by atoms with Gasteiger partial charge in [0.2, 0.25) is 0 Å². The maximum Gasteiger partial charge on any atom is 0.126 e. The summed E-state index contributed by atoms with van der Waals surface area (Å²) in [4.78, 5) is 0. The van der Waals surface area contributed by atoms with Crippen molar-refractivity contribution in [1.82, 2.24) is 0 Å². The zero-order valence-electron chi connectivity index (χ0n) is 13.7. The second-order valence-corrected chi connectivity index (χ2v) is 5.66. The van der Waals surface area contributed by atoms with Gasteiger partial charge in [0.05, 0.1) is 12.8 Å². The number of phenols is 1. The van der Waals surface area contributed by atoms with Crippen molar-refractivity contribution in [3.05, 3.63) is 83.1 Å². The largest absolute Gasteiger partial charge is 0.733 e. The zero-order chi connectivity index (χ0) is 17.8. The van der Waals surface area contributed by atoms with E-state index in [1.807, 2.05) is 36.4 Å². The van der Waals surface area contributed by atoms with Crippen molar-refractivity contribution in [2.75, 3.05) is 12.3 Å². The molecule has 0 aliphatic heterocycles. The lowest BCUT2D eigenvalue weighted by molar-refractivity contribution is 0.296. The van der Waals surface area contributed by atoms with Crippen LogP contribution in [0.3, 0.4) is 0 Å². The molecule has 128 valence electrons. The summed E-state index contributed by atoms with van der Waals surface area (Å²) < 4.78 is 5.43. The predicted molar refractivity (Wildman–Crippen MR) is 97.0 cm³/mol. The molecular weight excluding hydrogens is 318 g/mol. The number of anilines is 1. The Morgan fingerprint density at radius 2 is 1.80 bits per heavy atom. The van der Waals surface area contributed by atoms with Gasteiger partial charge in [0.25, 0.3) is 0 Å². The Balaban J connectivity index is 2.01. The van der Waals surface area contributed by atoms with E-state index in [9.17, 15) is 10.3 Å². The Labute approximate surface area is 145 Å². The Kier molecular flexibility index (Phi) is 4.88. The van der Waals surface area contributed by atoms with Gasteiger partial charge < -0.3 is 20.3 Å². The molecule has 3 rings (SSSR count). The van der Waals surface area contributed by atoms with Crippen LogP contribution >= 0.6 is 0 Å². The van der Waals surface area contributed by atoms with E-state index in [0.717, 1.165) is 22.3 Å². The van der Waals surface area contributed by atoms with Crippen LogP contribution in [0.4, 0.5) is 5.69 Å². The van der Waals surface area contributed by atoms with Crippen molar-refractivity contribution in [1.29, 1.82) is 0 Å². The Morgan fingerprint density at radius 3 is 2.52 bits per heavy atom. The summed E-state index contributed by atoms with van der Waals surface area (Å²) in [5.74, 6) is 0.915. The molecule has 0 heterocycles. The van der Waals surface area contributed by atoms with Crippen LogP contribution in [0.25, 0.3) is 11.1 Å². The molecular formula is C20H18NO4-. The van der Waals surface area contributed by atoms with Gasteiger partial charge in [-0.2, -0.15) is 0 Å². The first-order valence-electron chi connectivity index (χ1n) is 7.79. The molecule has 0 saturated heterocycles. The summed E-state index contributed by atoms with van der Waals surface area (Å²) in [5, 5.41) is 30.1. The lowest BCUT2D eigenvalue weighted by Crippen LogP contribution is -2.06. The highest BCUT2D eigenvalue weighted by Crippen LogP contribution is 2.34.